The molecule has 2 heterocycles. The van der Waals surface area contributed by atoms with Crippen LogP contribution in [0.4, 0.5) is 4.79 Å². The molecule has 9 heteroatoms. The number of methoxy groups -OCH3 is 1. The maximum atomic E-state index is 12.5. The number of carbonyl (C=O) groups excluding carboxylic acids is 3. The number of benzene rings is 1. The molecular weight excluding hydrogens is 456 g/mol. The highest BCUT2D eigenvalue weighted by molar-refractivity contribution is 8.13. The molecule has 1 aliphatic heterocycles. The lowest BCUT2D eigenvalue weighted by atomic mass is 10.0. The highest BCUT2D eigenvalue weighted by Crippen LogP contribution is 2.29. The summed E-state index contributed by atoms with van der Waals surface area (Å²) in [5.41, 5.74) is 2.15. The molecule has 6 nitrogen and oxygen atoms in total. The lowest BCUT2D eigenvalue weighted by Gasteiger charge is -2.37. The Bertz CT molecular complexity index is 963. The van der Waals surface area contributed by atoms with Crippen molar-refractivity contribution in [2.45, 2.75) is 26.2 Å². The second kappa shape index (κ2) is 11.1. The monoisotopic (exact) mass is 480 g/mol. The fraction of sp³-hybridized carbons (Fsp3) is 0.409. The molecule has 2 aromatic rings. The SMILES string of the molecule is COC(=O)c1cc(Cl)c(CCN2C(=O)SCCN2CCC(=O)Cc2cccc(C)c2)s1. The van der Waals surface area contributed by atoms with Crippen molar-refractivity contribution >= 4 is 51.7 Å². The summed E-state index contributed by atoms with van der Waals surface area (Å²) in [6, 6.07) is 9.56. The van der Waals surface area contributed by atoms with E-state index in [2.05, 4.69) is 0 Å². The Labute approximate surface area is 195 Å². The maximum absolute atomic E-state index is 12.5. The van der Waals surface area contributed by atoms with Crippen LogP contribution in [-0.2, 0) is 22.4 Å². The van der Waals surface area contributed by atoms with Crippen LogP contribution >= 0.6 is 34.7 Å². The van der Waals surface area contributed by atoms with E-state index in [-0.39, 0.29) is 11.0 Å². The number of ether oxygens (including phenoxy) is 1. The van der Waals surface area contributed by atoms with E-state index in [0.29, 0.717) is 54.5 Å². The zero-order chi connectivity index (χ0) is 22.4. The Balaban J connectivity index is 1.57. The minimum Gasteiger partial charge on any atom is -0.465 e. The first-order valence-electron chi connectivity index (χ1n) is 10.00. The summed E-state index contributed by atoms with van der Waals surface area (Å²) in [7, 11) is 1.33. The first-order chi connectivity index (χ1) is 14.9. The maximum Gasteiger partial charge on any atom is 0.348 e. The normalized spacial score (nSPS) is 14.7. The third-order valence-electron chi connectivity index (χ3n) is 4.95. The zero-order valence-electron chi connectivity index (χ0n) is 17.6. The molecule has 1 fully saturated rings. The Morgan fingerprint density at radius 2 is 2.03 bits per heavy atom. The molecule has 0 atom stereocenters. The molecule has 0 bridgehead atoms. The van der Waals surface area contributed by atoms with Gasteiger partial charge in [-0.05, 0) is 18.6 Å². The van der Waals surface area contributed by atoms with Crippen LogP contribution in [0.2, 0.25) is 5.02 Å². The molecule has 3 rings (SSSR count). The summed E-state index contributed by atoms with van der Waals surface area (Å²) in [5.74, 6) is 0.435. The molecule has 1 amide bonds. The number of esters is 1. The van der Waals surface area contributed by atoms with Crippen LogP contribution in [0.5, 0.6) is 0 Å². The van der Waals surface area contributed by atoms with E-state index in [1.54, 1.807) is 11.1 Å². The van der Waals surface area contributed by atoms with Crippen LogP contribution in [0.3, 0.4) is 0 Å². The lowest BCUT2D eigenvalue weighted by molar-refractivity contribution is -0.119. The van der Waals surface area contributed by atoms with Crippen molar-refractivity contribution in [1.82, 2.24) is 10.0 Å². The smallest absolute Gasteiger partial charge is 0.348 e. The van der Waals surface area contributed by atoms with Gasteiger partial charge in [-0.1, -0.05) is 53.2 Å². The third-order valence-corrected chi connectivity index (χ3v) is 7.42. The predicted molar refractivity (Wildman–Crippen MR) is 125 cm³/mol. The number of amides is 1. The van der Waals surface area contributed by atoms with E-state index in [1.165, 1.54) is 30.2 Å². The Hall–Kier alpha value is -1.87. The van der Waals surface area contributed by atoms with Gasteiger partial charge in [-0.25, -0.2) is 9.80 Å². The summed E-state index contributed by atoms with van der Waals surface area (Å²) in [6.45, 7) is 3.66. The molecule has 1 aliphatic rings. The van der Waals surface area contributed by atoms with Crippen LogP contribution in [0.15, 0.2) is 30.3 Å². The number of Topliss-reactive ketones (excluding diaryl/α,β-unsaturated/α-hetero) is 1. The topological polar surface area (TPSA) is 66.9 Å². The van der Waals surface area contributed by atoms with Crippen LogP contribution < -0.4 is 0 Å². The number of thioether (sulfide) groups is 1. The summed E-state index contributed by atoms with van der Waals surface area (Å²) < 4.78 is 4.74. The average Bonchev–Trinajstić information content (AvgIpc) is 3.11. The van der Waals surface area contributed by atoms with Crippen molar-refractivity contribution < 1.29 is 19.1 Å². The highest BCUT2D eigenvalue weighted by atomic mass is 35.5. The molecule has 166 valence electrons. The minimum absolute atomic E-state index is 0.0294. The van der Waals surface area contributed by atoms with Crippen molar-refractivity contribution in [2.75, 3.05) is 32.5 Å². The third kappa shape index (κ3) is 6.55. The molecular formula is C22H25ClN2O4S2. The Morgan fingerprint density at radius 1 is 1.23 bits per heavy atom. The first kappa shape index (κ1) is 23.8. The molecule has 31 heavy (non-hydrogen) atoms. The van der Waals surface area contributed by atoms with E-state index in [1.807, 2.05) is 36.2 Å². The molecule has 0 radical (unpaired) electrons. The number of halogens is 1. The minimum atomic E-state index is -0.420. The van der Waals surface area contributed by atoms with Gasteiger partial charge in [0.2, 0.25) is 0 Å². The number of hydrazine groups is 1. The summed E-state index contributed by atoms with van der Waals surface area (Å²) in [4.78, 5) is 38.0. The van der Waals surface area contributed by atoms with Gasteiger partial charge in [0.05, 0.1) is 12.1 Å². The number of hydrogen-bond acceptors (Lipinski definition) is 7. The Morgan fingerprint density at radius 3 is 2.77 bits per heavy atom. The van der Waals surface area contributed by atoms with Gasteiger partial charge in [0.1, 0.15) is 10.7 Å². The standard InChI is InChI=1S/C22H25ClN2O4S2/c1-15-4-3-5-16(12-15)13-17(26)6-8-24-10-11-30-22(28)25(24)9-7-19-18(23)14-20(31-19)21(27)29-2/h3-5,12,14H,6-11,13H2,1-2H3. The van der Waals surface area contributed by atoms with Crippen molar-refractivity contribution in [2.24, 2.45) is 0 Å². The fourth-order valence-electron chi connectivity index (χ4n) is 3.39. The van der Waals surface area contributed by atoms with Crippen LogP contribution in [0.25, 0.3) is 0 Å². The number of nitrogens with zero attached hydrogens (tertiary/aromatic N) is 2. The molecule has 0 saturated carbocycles. The van der Waals surface area contributed by atoms with Gasteiger partial charge in [-0.15, -0.1) is 11.3 Å². The molecule has 0 N–H and O–H groups in total. The van der Waals surface area contributed by atoms with Gasteiger partial charge in [0.25, 0.3) is 5.24 Å². The summed E-state index contributed by atoms with van der Waals surface area (Å²) in [6.07, 6.45) is 1.31. The molecule has 0 unspecified atom stereocenters. The van der Waals surface area contributed by atoms with Gasteiger partial charge in [0, 0.05) is 49.5 Å². The van der Waals surface area contributed by atoms with Crippen LogP contribution in [0, 0.1) is 6.92 Å². The molecule has 0 aliphatic carbocycles. The van der Waals surface area contributed by atoms with E-state index >= 15 is 0 Å². The molecule has 0 spiro atoms. The number of hydrogen-bond donors (Lipinski definition) is 0. The van der Waals surface area contributed by atoms with Gasteiger partial charge < -0.3 is 4.74 Å². The molecule has 1 saturated heterocycles. The van der Waals surface area contributed by atoms with Crippen molar-refractivity contribution in [3.63, 3.8) is 0 Å². The second-order valence-corrected chi connectivity index (χ2v) is 9.86. The van der Waals surface area contributed by atoms with Crippen molar-refractivity contribution in [3.8, 4) is 0 Å². The molecule has 1 aromatic heterocycles. The number of aryl methyl sites for hydroxylation is 1. The molecule has 1 aromatic carbocycles. The van der Waals surface area contributed by atoms with E-state index < -0.39 is 5.97 Å². The fourth-order valence-corrected chi connectivity index (χ4v) is 5.57. The zero-order valence-corrected chi connectivity index (χ0v) is 19.9. The van der Waals surface area contributed by atoms with Crippen LogP contribution in [0.1, 0.15) is 32.1 Å². The van der Waals surface area contributed by atoms with E-state index in [9.17, 15) is 14.4 Å². The van der Waals surface area contributed by atoms with Crippen LogP contribution in [-0.4, -0.2) is 59.5 Å². The largest absolute Gasteiger partial charge is 0.465 e. The van der Waals surface area contributed by atoms with Gasteiger partial charge in [0.15, 0.2) is 0 Å². The van der Waals surface area contributed by atoms with Crippen molar-refractivity contribution in [1.29, 1.82) is 0 Å². The Kier molecular flexibility index (Phi) is 8.54. The first-order valence-corrected chi connectivity index (χ1v) is 12.2. The van der Waals surface area contributed by atoms with Gasteiger partial charge >= 0.3 is 5.97 Å². The van der Waals surface area contributed by atoms with E-state index in [0.717, 1.165) is 16.0 Å². The number of thiophene rings is 1. The average molecular weight is 481 g/mol. The second-order valence-electron chi connectivity index (χ2n) is 7.27. The van der Waals surface area contributed by atoms with Crippen molar-refractivity contribution in [3.05, 3.63) is 56.2 Å². The van der Waals surface area contributed by atoms with E-state index in [4.69, 9.17) is 16.3 Å². The number of carbonyl (C=O) groups is 3. The van der Waals surface area contributed by atoms with Gasteiger partial charge in [-0.3, -0.25) is 14.6 Å². The lowest BCUT2D eigenvalue weighted by Crippen LogP contribution is -2.50. The van der Waals surface area contributed by atoms with Gasteiger partial charge in [-0.2, -0.15) is 0 Å². The predicted octanol–water partition coefficient (Wildman–Crippen LogP) is 4.63. The number of ketones is 1. The highest BCUT2D eigenvalue weighted by Gasteiger charge is 2.27. The quantitative estimate of drug-likeness (QED) is 0.487. The number of rotatable bonds is 9. The summed E-state index contributed by atoms with van der Waals surface area (Å²) in [5, 5.41) is 4.12. The summed E-state index contributed by atoms with van der Waals surface area (Å²) >= 11 is 8.82.